The number of hydrogen-bond acceptors (Lipinski definition) is 12. The number of benzene rings is 4. The smallest absolute Gasteiger partial charge is 0.369 e. The Morgan fingerprint density at radius 2 is 0.976 bits per heavy atom. The molecule has 0 amide bonds. The number of aromatic nitrogens is 10. The van der Waals surface area contributed by atoms with Crippen molar-refractivity contribution in [2.75, 3.05) is 75.8 Å². The van der Waals surface area contributed by atoms with E-state index in [1.54, 1.807) is 55.6 Å². The van der Waals surface area contributed by atoms with Gasteiger partial charge in [-0.15, -0.1) is 10.2 Å². The summed E-state index contributed by atoms with van der Waals surface area (Å²) >= 11 is 12.6. The molecule has 4 aromatic heterocycles. The minimum absolute atomic E-state index is 0. The van der Waals surface area contributed by atoms with Crippen LogP contribution in [0.3, 0.4) is 0 Å². The van der Waals surface area contributed by atoms with Gasteiger partial charge in [0.15, 0.2) is 11.6 Å². The normalized spacial score (nSPS) is 14.6. The fourth-order valence-corrected chi connectivity index (χ4v) is 10.8. The van der Waals surface area contributed by atoms with Crippen LogP contribution in [0.15, 0.2) is 85.5 Å². The lowest BCUT2D eigenvalue weighted by molar-refractivity contribution is -0.138. The van der Waals surface area contributed by atoms with Crippen LogP contribution in [0.2, 0.25) is 10.0 Å². The fraction of sp³-hybridized carbons (Fsp3) is 0.390. The summed E-state index contributed by atoms with van der Waals surface area (Å²) in [4.78, 5) is 34.9. The molecule has 0 unspecified atom stereocenters. The first-order valence-corrected chi connectivity index (χ1v) is 27.4. The lowest BCUT2D eigenvalue weighted by Gasteiger charge is -2.36. The molecule has 8 aromatic rings. The van der Waals surface area contributed by atoms with Crippen LogP contribution in [0.1, 0.15) is 86.3 Å². The molecule has 0 radical (unpaired) electrons. The SMILES string of the molecule is C.CCN1CCN(c2cc(C(=O)Cc3ccc(C)c(-n4cc(-c5cnn(C)c5C)nn4)c3)cc(C(F)(F)F)c2Cl)CC1.Cc1ccc(CC(=O)c2cc(N3CCCN(C)CC3)c(Cl)c(C(F)(F)F)c2)cc1-n1cc(-c2cnn(C)c2C)nn1. The molecule has 0 N–H and O–H groups in total. The largest absolute Gasteiger partial charge is 0.417 e. The average molecular weight is 1190 g/mol. The Balaban J connectivity index is 0.000000214. The van der Waals surface area contributed by atoms with Crippen molar-refractivity contribution in [2.24, 2.45) is 14.1 Å². The lowest BCUT2D eigenvalue weighted by atomic mass is 9.98. The molecule has 2 aliphatic heterocycles. The molecule has 2 aliphatic rings. The Morgan fingerprint density at radius 3 is 1.37 bits per heavy atom. The van der Waals surface area contributed by atoms with Crippen molar-refractivity contribution in [1.29, 1.82) is 0 Å². The predicted octanol–water partition coefficient (Wildman–Crippen LogP) is 11.7. The molecule has 83 heavy (non-hydrogen) atoms. The monoisotopic (exact) mass is 1190 g/mol. The molecule has 24 heteroatoms. The van der Waals surface area contributed by atoms with Crippen LogP contribution in [0.4, 0.5) is 37.7 Å². The zero-order valence-electron chi connectivity index (χ0n) is 46.7. The molecule has 440 valence electrons. The van der Waals surface area contributed by atoms with E-state index in [2.05, 4.69) is 40.6 Å². The number of ketones is 2. The number of carbonyl (C=O) groups is 2. The van der Waals surface area contributed by atoms with Crippen molar-refractivity contribution in [2.45, 2.75) is 73.7 Å². The quantitative estimate of drug-likeness (QED) is 0.0800. The highest BCUT2D eigenvalue weighted by atomic mass is 35.5. The standard InChI is InChI=1S/2C29H31ClF3N7O.CH4/c1-18-6-7-20(12-25(18)40-17-24(35-36-40)22-16-34-38(4)19(22)2)13-27(41)21-14-23(29(31,32)33)28(30)26(15-21)39-9-5-8-37(3)10-11-39;1-5-38-8-10-39(11-9-38)26-15-21(14-23(28(26)30)29(31,32)33)27(41)13-20-7-6-18(2)25(12-20)40-17-24(35-36-40)22-16-34-37(4)19(22)3;/h2*6-7,12,14-17H,5,8-11,13H2,1-4H3;1H4. The number of alkyl halides is 6. The molecule has 6 heterocycles. The number of hydrogen-bond donors (Lipinski definition) is 0. The Morgan fingerprint density at radius 1 is 0.554 bits per heavy atom. The molecular weight excluding hydrogens is 1120 g/mol. The number of Topliss-reactive ketones (excluding diaryl/α,β-unsaturated/α-hetero) is 2. The molecule has 2 saturated heterocycles. The van der Waals surface area contributed by atoms with Crippen molar-refractivity contribution < 1.29 is 35.9 Å². The van der Waals surface area contributed by atoms with Gasteiger partial charge >= 0.3 is 12.4 Å². The van der Waals surface area contributed by atoms with Crippen LogP contribution in [0, 0.1) is 27.7 Å². The van der Waals surface area contributed by atoms with Crippen LogP contribution in [-0.4, -0.2) is 137 Å². The summed E-state index contributed by atoms with van der Waals surface area (Å²) in [7, 11) is 5.67. The van der Waals surface area contributed by atoms with Gasteiger partial charge in [-0.1, -0.05) is 72.2 Å². The van der Waals surface area contributed by atoms with Gasteiger partial charge in [-0.3, -0.25) is 19.0 Å². The zero-order chi connectivity index (χ0) is 58.9. The Labute approximate surface area is 488 Å². The summed E-state index contributed by atoms with van der Waals surface area (Å²) in [5.41, 5.74) is 7.90. The first-order chi connectivity index (χ1) is 38.9. The van der Waals surface area contributed by atoms with E-state index in [4.69, 9.17) is 23.2 Å². The molecule has 0 spiro atoms. The van der Waals surface area contributed by atoms with Gasteiger partial charge in [0.05, 0.1) is 68.7 Å². The predicted molar refractivity (Wildman–Crippen MR) is 310 cm³/mol. The van der Waals surface area contributed by atoms with Gasteiger partial charge in [-0.2, -0.15) is 36.5 Å². The van der Waals surface area contributed by atoms with Crippen molar-refractivity contribution in [3.8, 4) is 33.9 Å². The number of likely N-dealkylation sites (N-methyl/N-ethyl adjacent to an activating group) is 2. The second kappa shape index (κ2) is 25.2. The first kappa shape index (κ1) is 61.7. The van der Waals surface area contributed by atoms with Crippen LogP contribution in [0.25, 0.3) is 33.9 Å². The second-order valence-corrected chi connectivity index (χ2v) is 21.6. The van der Waals surface area contributed by atoms with E-state index in [1.165, 1.54) is 12.1 Å². The van der Waals surface area contributed by atoms with E-state index in [0.29, 0.717) is 68.3 Å². The van der Waals surface area contributed by atoms with E-state index >= 15 is 0 Å². The third-order valence-electron chi connectivity index (χ3n) is 15.4. The van der Waals surface area contributed by atoms with Gasteiger partial charge < -0.3 is 19.6 Å². The minimum atomic E-state index is -4.70. The summed E-state index contributed by atoms with van der Waals surface area (Å²) in [5, 5.41) is 24.9. The zero-order valence-corrected chi connectivity index (χ0v) is 48.2. The van der Waals surface area contributed by atoms with Crippen LogP contribution < -0.4 is 9.80 Å². The van der Waals surface area contributed by atoms with Gasteiger partial charge in [0.2, 0.25) is 0 Å². The van der Waals surface area contributed by atoms with E-state index < -0.39 is 35.0 Å². The molecule has 0 atom stereocenters. The van der Waals surface area contributed by atoms with Gasteiger partial charge in [-0.25, -0.2) is 9.36 Å². The van der Waals surface area contributed by atoms with E-state index in [9.17, 15) is 35.9 Å². The number of anilines is 2. The average Bonchev–Trinajstić information content (AvgIpc) is 4.17. The van der Waals surface area contributed by atoms with Crippen LogP contribution in [-0.2, 0) is 39.3 Å². The summed E-state index contributed by atoms with van der Waals surface area (Å²) in [6, 6.07) is 15.7. The number of halogens is 8. The summed E-state index contributed by atoms with van der Waals surface area (Å²) in [6.07, 6.45) is -1.74. The summed E-state index contributed by atoms with van der Waals surface area (Å²) in [6.45, 7) is 15.7. The molecule has 16 nitrogen and oxygen atoms in total. The van der Waals surface area contributed by atoms with Crippen molar-refractivity contribution in [3.63, 3.8) is 0 Å². The Bertz CT molecular complexity index is 3650. The minimum Gasteiger partial charge on any atom is -0.369 e. The number of carbonyl (C=O) groups excluding carboxylic acids is 2. The maximum Gasteiger partial charge on any atom is 0.417 e. The molecular formula is C59H66Cl2F6N14O2. The molecule has 0 aliphatic carbocycles. The van der Waals surface area contributed by atoms with Crippen molar-refractivity contribution in [3.05, 3.63) is 151 Å². The second-order valence-electron chi connectivity index (χ2n) is 20.8. The van der Waals surface area contributed by atoms with Crippen molar-refractivity contribution in [1.82, 2.24) is 59.3 Å². The molecule has 4 aromatic carbocycles. The Hall–Kier alpha value is -7.40. The highest BCUT2D eigenvalue weighted by Gasteiger charge is 2.38. The van der Waals surface area contributed by atoms with Gasteiger partial charge in [0.25, 0.3) is 0 Å². The highest BCUT2D eigenvalue weighted by molar-refractivity contribution is 6.35. The molecule has 0 saturated carbocycles. The van der Waals surface area contributed by atoms with Gasteiger partial charge in [0.1, 0.15) is 11.4 Å². The Kier molecular flexibility index (Phi) is 18.7. The lowest BCUT2D eigenvalue weighted by Crippen LogP contribution is -2.46. The van der Waals surface area contributed by atoms with E-state index in [1.807, 2.05) is 89.8 Å². The fourth-order valence-electron chi connectivity index (χ4n) is 10.1. The topological polar surface area (TPSA) is 144 Å². The van der Waals surface area contributed by atoms with Crippen LogP contribution >= 0.6 is 23.2 Å². The number of aryl methyl sites for hydroxylation is 4. The first-order valence-electron chi connectivity index (χ1n) is 26.7. The number of nitrogens with zero attached hydrogens (tertiary/aromatic N) is 14. The molecule has 0 bridgehead atoms. The molecule has 10 rings (SSSR count). The van der Waals surface area contributed by atoms with Crippen LogP contribution in [0.5, 0.6) is 0 Å². The maximum absolute atomic E-state index is 14.0. The molecule has 2 fully saturated rings. The van der Waals surface area contributed by atoms with Gasteiger partial charge in [-0.05, 0) is 113 Å². The summed E-state index contributed by atoms with van der Waals surface area (Å²) in [5.74, 6) is -0.860. The van der Waals surface area contributed by atoms with Crippen molar-refractivity contribution >= 4 is 46.1 Å². The van der Waals surface area contributed by atoms with Gasteiger partial charge in [0, 0.05) is 106 Å². The summed E-state index contributed by atoms with van der Waals surface area (Å²) < 4.78 is 90.7. The third-order valence-corrected chi connectivity index (χ3v) is 16.2. The maximum atomic E-state index is 14.0. The number of rotatable bonds is 13. The number of piperazine rings is 1. The van der Waals surface area contributed by atoms with E-state index in [-0.39, 0.29) is 52.8 Å². The van der Waals surface area contributed by atoms with E-state index in [0.717, 1.165) is 76.7 Å². The third kappa shape index (κ3) is 13.7. The highest BCUT2D eigenvalue weighted by Crippen LogP contribution is 2.43.